The lowest BCUT2D eigenvalue weighted by molar-refractivity contribution is -0.122. The van der Waals surface area contributed by atoms with Gasteiger partial charge in [0.25, 0.3) is 5.91 Å². The highest BCUT2D eigenvalue weighted by Gasteiger charge is 2.17. The number of hydrogen-bond acceptors (Lipinski definition) is 5. The summed E-state index contributed by atoms with van der Waals surface area (Å²) < 4.78 is 7.47. The molecule has 24 heavy (non-hydrogen) atoms. The summed E-state index contributed by atoms with van der Waals surface area (Å²) in [5.74, 6) is 2.16. The molecule has 0 radical (unpaired) electrons. The molecule has 7 nitrogen and oxygen atoms in total. The predicted octanol–water partition coefficient (Wildman–Crippen LogP) is 0.839. The molecule has 1 aromatic carbocycles. The van der Waals surface area contributed by atoms with Gasteiger partial charge in [-0.05, 0) is 17.7 Å². The maximum atomic E-state index is 11.2. The molecule has 1 aliphatic rings. The van der Waals surface area contributed by atoms with Crippen molar-refractivity contribution in [1.82, 2.24) is 20.4 Å². The van der Waals surface area contributed by atoms with Gasteiger partial charge in [-0.3, -0.25) is 4.79 Å². The minimum absolute atomic E-state index is 0.0350. The number of carbonyl (C=O) groups excluding carboxylic acids is 1. The number of nitrogens with one attached hydrogen (secondary N) is 3. The highest BCUT2D eigenvalue weighted by Crippen LogP contribution is 2.16. The van der Waals surface area contributed by atoms with E-state index in [1.54, 1.807) is 7.05 Å². The summed E-state index contributed by atoms with van der Waals surface area (Å²) in [5, 5.41) is 13.7. The van der Waals surface area contributed by atoms with Crippen LogP contribution in [0.1, 0.15) is 5.56 Å². The van der Waals surface area contributed by atoms with Gasteiger partial charge >= 0.3 is 0 Å². The molecule has 1 amide bonds. The molecule has 128 valence electrons. The number of anilines is 1. The van der Waals surface area contributed by atoms with Crippen molar-refractivity contribution in [2.45, 2.75) is 13.1 Å². The van der Waals surface area contributed by atoms with Gasteiger partial charge in [-0.25, -0.2) is 4.68 Å². The first kappa shape index (κ1) is 16.3. The summed E-state index contributed by atoms with van der Waals surface area (Å²) in [4.78, 5) is 11.2. The summed E-state index contributed by atoms with van der Waals surface area (Å²) in [7, 11) is 1.60. The zero-order chi connectivity index (χ0) is 16.8. The Balaban J connectivity index is 1.44. The van der Waals surface area contributed by atoms with Gasteiger partial charge in [0.2, 0.25) is 0 Å². The molecule has 3 rings (SSSR count). The fourth-order valence-electron chi connectivity index (χ4n) is 2.71. The monoisotopic (exact) mass is 329 g/mol. The molecule has 0 spiro atoms. The summed E-state index contributed by atoms with van der Waals surface area (Å²) in [6, 6.07) is 9.80. The maximum Gasteiger partial charge on any atom is 0.257 e. The summed E-state index contributed by atoms with van der Waals surface area (Å²) in [6.45, 7) is 3.59. The van der Waals surface area contributed by atoms with Crippen LogP contribution in [0.5, 0.6) is 5.75 Å². The molecule has 2 heterocycles. The predicted molar refractivity (Wildman–Crippen MR) is 91.9 cm³/mol. The molecule has 0 unspecified atom stereocenters. The Kier molecular flexibility index (Phi) is 5.32. The molecule has 3 N–H and O–H groups in total. The van der Waals surface area contributed by atoms with Crippen LogP contribution in [0.3, 0.4) is 0 Å². The Labute approximate surface area is 141 Å². The second-order valence-corrected chi connectivity index (χ2v) is 5.89. The van der Waals surface area contributed by atoms with Crippen molar-refractivity contribution in [3.8, 4) is 5.75 Å². The number of benzene rings is 1. The third kappa shape index (κ3) is 4.26. The van der Waals surface area contributed by atoms with Crippen molar-refractivity contribution in [1.29, 1.82) is 0 Å². The fraction of sp³-hybridized carbons (Fsp3) is 0.412. The molecule has 0 aliphatic carbocycles. The van der Waals surface area contributed by atoms with E-state index in [0.717, 1.165) is 37.6 Å². The smallest absolute Gasteiger partial charge is 0.257 e. The summed E-state index contributed by atoms with van der Waals surface area (Å²) in [6.07, 6.45) is 1.82. The molecule has 7 heteroatoms. The van der Waals surface area contributed by atoms with Crippen molar-refractivity contribution >= 4 is 11.7 Å². The summed E-state index contributed by atoms with van der Waals surface area (Å²) in [5.41, 5.74) is 1.13. The Hall–Kier alpha value is -2.54. The Bertz CT molecular complexity index is 685. The third-order valence-corrected chi connectivity index (χ3v) is 4.03. The fourth-order valence-corrected chi connectivity index (χ4v) is 2.71. The topological polar surface area (TPSA) is 80.2 Å². The van der Waals surface area contributed by atoms with Gasteiger partial charge in [-0.2, -0.15) is 5.10 Å². The van der Waals surface area contributed by atoms with Crippen LogP contribution in [0.4, 0.5) is 5.82 Å². The van der Waals surface area contributed by atoms with E-state index in [4.69, 9.17) is 4.74 Å². The molecule has 1 atom stereocenters. The van der Waals surface area contributed by atoms with E-state index >= 15 is 0 Å². The lowest BCUT2D eigenvalue weighted by Gasteiger charge is -2.25. The molecule has 0 bridgehead atoms. The number of amides is 1. The van der Waals surface area contributed by atoms with Gasteiger partial charge in [0.15, 0.2) is 6.61 Å². The van der Waals surface area contributed by atoms with Crippen LogP contribution in [0.2, 0.25) is 0 Å². The first-order valence-electron chi connectivity index (χ1n) is 8.13. The van der Waals surface area contributed by atoms with E-state index in [-0.39, 0.29) is 12.5 Å². The average molecular weight is 329 g/mol. The van der Waals surface area contributed by atoms with Crippen molar-refractivity contribution in [3.05, 3.63) is 42.1 Å². The number of ether oxygens (including phenoxy) is 1. The van der Waals surface area contributed by atoms with E-state index in [0.29, 0.717) is 11.7 Å². The third-order valence-electron chi connectivity index (χ3n) is 4.03. The largest absolute Gasteiger partial charge is 0.484 e. The number of fused-ring (bicyclic) bond motifs is 1. The molecule has 2 aromatic rings. The Morgan fingerprint density at radius 3 is 3.25 bits per heavy atom. The quantitative estimate of drug-likeness (QED) is 0.701. The zero-order valence-electron chi connectivity index (χ0n) is 13.8. The lowest BCUT2D eigenvalue weighted by atomic mass is 10.1. The van der Waals surface area contributed by atoms with Gasteiger partial charge in [0, 0.05) is 45.2 Å². The van der Waals surface area contributed by atoms with Crippen LogP contribution in [0.15, 0.2) is 36.5 Å². The number of hydrogen-bond donors (Lipinski definition) is 3. The molecular formula is C17H23N5O2. The number of rotatable bonds is 7. The van der Waals surface area contributed by atoms with E-state index in [1.807, 2.05) is 41.2 Å². The minimum atomic E-state index is -0.138. The minimum Gasteiger partial charge on any atom is -0.484 e. The molecule has 1 aromatic heterocycles. The van der Waals surface area contributed by atoms with Crippen LogP contribution in [-0.4, -0.2) is 42.4 Å². The van der Waals surface area contributed by atoms with Gasteiger partial charge in [-0.1, -0.05) is 12.1 Å². The molecule has 0 saturated carbocycles. The highest BCUT2D eigenvalue weighted by molar-refractivity contribution is 5.77. The summed E-state index contributed by atoms with van der Waals surface area (Å²) >= 11 is 0. The van der Waals surface area contributed by atoms with Crippen molar-refractivity contribution < 1.29 is 9.53 Å². The standard InChI is InChI=1S/C17H23N5O2/c1-18-17(23)12-24-15-4-2-3-13(7-15)8-19-9-14-10-20-16-5-6-21-22(16)11-14/h2-7,14,19-20H,8-12H2,1H3,(H,18,23)/t14-/m0/s1. The maximum absolute atomic E-state index is 11.2. The normalized spacial score (nSPS) is 16.1. The SMILES string of the molecule is CNC(=O)COc1cccc(CNC[C@H]2CNc3ccnn3C2)c1. The van der Waals surface area contributed by atoms with Crippen molar-refractivity contribution in [2.24, 2.45) is 5.92 Å². The van der Waals surface area contributed by atoms with E-state index in [2.05, 4.69) is 21.0 Å². The van der Waals surface area contributed by atoms with Crippen LogP contribution in [0, 0.1) is 5.92 Å². The molecule has 0 fully saturated rings. The molecular weight excluding hydrogens is 306 g/mol. The van der Waals surface area contributed by atoms with Gasteiger partial charge in [-0.15, -0.1) is 0 Å². The van der Waals surface area contributed by atoms with Crippen molar-refractivity contribution in [2.75, 3.05) is 32.1 Å². The molecule has 0 saturated heterocycles. The van der Waals surface area contributed by atoms with Gasteiger partial charge < -0.3 is 20.7 Å². The van der Waals surface area contributed by atoms with Gasteiger partial charge in [0.1, 0.15) is 11.6 Å². The number of carbonyl (C=O) groups is 1. The van der Waals surface area contributed by atoms with Crippen LogP contribution in [0.25, 0.3) is 0 Å². The van der Waals surface area contributed by atoms with Gasteiger partial charge in [0.05, 0.1) is 6.20 Å². The lowest BCUT2D eigenvalue weighted by Crippen LogP contribution is -2.35. The Morgan fingerprint density at radius 1 is 1.46 bits per heavy atom. The van der Waals surface area contributed by atoms with E-state index in [1.165, 1.54) is 0 Å². The number of likely N-dealkylation sites (N-methyl/N-ethyl adjacent to an activating group) is 1. The second-order valence-electron chi connectivity index (χ2n) is 5.89. The van der Waals surface area contributed by atoms with E-state index < -0.39 is 0 Å². The van der Waals surface area contributed by atoms with Crippen LogP contribution >= 0.6 is 0 Å². The zero-order valence-corrected chi connectivity index (χ0v) is 13.8. The van der Waals surface area contributed by atoms with Crippen molar-refractivity contribution in [3.63, 3.8) is 0 Å². The van der Waals surface area contributed by atoms with E-state index in [9.17, 15) is 4.79 Å². The first-order chi connectivity index (χ1) is 11.7. The highest BCUT2D eigenvalue weighted by atomic mass is 16.5. The Morgan fingerprint density at radius 2 is 2.38 bits per heavy atom. The number of nitrogens with zero attached hydrogens (tertiary/aromatic N) is 2. The second kappa shape index (κ2) is 7.83. The average Bonchev–Trinajstić information content (AvgIpc) is 3.08. The van der Waals surface area contributed by atoms with Crippen LogP contribution in [-0.2, 0) is 17.9 Å². The first-order valence-corrected chi connectivity index (χ1v) is 8.13. The molecule has 1 aliphatic heterocycles. The number of aromatic nitrogens is 2. The van der Waals surface area contributed by atoms with Crippen LogP contribution < -0.4 is 20.7 Å².